The van der Waals surface area contributed by atoms with E-state index in [1.54, 1.807) is 6.07 Å². The zero-order chi connectivity index (χ0) is 18.6. The van der Waals surface area contributed by atoms with E-state index in [0.717, 1.165) is 0 Å². The molecule has 1 aromatic carbocycles. The van der Waals surface area contributed by atoms with Crippen LogP contribution < -0.4 is 5.63 Å². The number of carbonyl (C=O) groups excluding carboxylic acids is 1. The highest BCUT2D eigenvalue weighted by atomic mass is 16.4. The van der Waals surface area contributed by atoms with E-state index in [0.29, 0.717) is 23.7 Å². The molecule has 2 aromatic rings. The van der Waals surface area contributed by atoms with E-state index in [4.69, 9.17) is 4.42 Å². The van der Waals surface area contributed by atoms with E-state index in [-0.39, 0.29) is 35.9 Å². The Balaban J connectivity index is 2.61. The summed E-state index contributed by atoms with van der Waals surface area (Å²) in [4.78, 5) is 35.7. The molecular formula is C18H19NO6. The summed E-state index contributed by atoms with van der Waals surface area (Å²) < 4.78 is 5.11. The Hall–Kier alpha value is -3.09. The van der Waals surface area contributed by atoms with Crippen molar-refractivity contribution < 1.29 is 24.2 Å². The van der Waals surface area contributed by atoms with Crippen molar-refractivity contribution in [1.29, 1.82) is 0 Å². The first-order valence-corrected chi connectivity index (χ1v) is 7.76. The molecule has 0 radical (unpaired) electrons. The number of aromatic hydroxyl groups is 1. The van der Waals surface area contributed by atoms with Gasteiger partial charge in [0.25, 0.3) is 0 Å². The Morgan fingerprint density at radius 1 is 1.44 bits per heavy atom. The third-order valence-electron chi connectivity index (χ3n) is 4.07. The molecule has 7 heteroatoms. The number of fused-ring (bicyclic) bond motifs is 1. The zero-order valence-corrected chi connectivity index (χ0v) is 13.8. The van der Waals surface area contributed by atoms with Crippen LogP contribution >= 0.6 is 0 Å². The van der Waals surface area contributed by atoms with Crippen LogP contribution in [0, 0.1) is 0 Å². The smallest absolute Gasteiger partial charge is 0.407 e. The molecule has 1 aromatic heterocycles. The average Bonchev–Trinajstić information content (AvgIpc) is 2.57. The van der Waals surface area contributed by atoms with Gasteiger partial charge in [0.05, 0.1) is 5.56 Å². The minimum Gasteiger partial charge on any atom is -0.507 e. The molecule has 132 valence electrons. The molecule has 0 bridgehead atoms. The summed E-state index contributed by atoms with van der Waals surface area (Å²) in [7, 11) is 0. The van der Waals surface area contributed by atoms with Crippen molar-refractivity contribution in [3.63, 3.8) is 0 Å². The van der Waals surface area contributed by atoms with Crippen LogP contribution in [0.3, 0.4) is 0 Å². The van der Waals surface area contributed by atoms with Crippen molar-refractivity contribution in [2.24, 2.45) is 0 Å². The largest absolute Gasteiger partial charge is 0.507 e. The molecule has 0 aliphatic carbocycles. The van der Waals surface area contributed by atoms with Crippen molar-refractivity contribution in [3.8, 4) is 5.75 Å². The number of amides is 1. The number of hydrogen-bond donors (Lipinski definition) is 2. The normalized spacial score (nSPS) is 11.9. The predicted molar refractivity (Wildman–Crippen MR) is 92.4 cm³/mol. The van der Waals surface area contributed by atoms with Gasteiger partial charge in [-0.3, -0.25) is 4.79 Å². The van der Waals surface area contributed by atoms with Gasteiger partial charge in [0.2, 0.25) is 0 Å². The van der Waals surface area contributed by atoms with Gasteiger partial charge < -0.3 is 19.5 Å². The van der Waals surface area contributed by atoms with Gasteiger partial charge in [0.15, 0.2) is 11.9 Å². The number of benzene rings is 1. The molecule has 1 unspecified atom stereocenters. The van der Waals surface area contributed by atoms with Crippen molar-refractivity contribution in [3.05, 3.63) is 52.4 Å². The third kappa shape index (κ3) is 3.71. The quantitative estimate of drug-likeness (QED) is 0.454. The minimum atomic E-state index is -1.09. The van der Waals surface area contributed by atoms with Crippen LogP contribution in [-0.2, 0) is 0 Å². The summed E-state index contributed by atoms with van der Waals surface area (Å²) in [5.74, 6) is -0.568. The number of phenolic OH excluding ortho intramolecular Hbond substituents is 1. The van der Waals surface area contributed by atoms with Crippen molar-refractivity contribution >= 4 is 23.3 Å². The Kier molecular flexibility index (Phi) is 5.59. The Bertz CT molecular complexity index is 870. The molecular weight excluding hydrogens is 326 g/mol. The second-order valence-electron chi connectivity index (χ2n) is 5.60. The molecule has 7 nitrogen and oxygen atoms in total. The molecule has 2 N–H and O–H groups in total. The van der Waals surface area contributed by atoms with Crippen LogP contribution in [0.15, 0.2) is 40.1 Å². The zero-order valence-electron chi connectivity index (χ0n) is 13.8. The lowest BCUT2D eigenvalue weighted by Crippen LogP contribution is -2.33. The maximum Gasteiger partial charge on any atom is 0.407 e. The summed E-state index contributed by atoms with van der Waals surface area (Å²) in [6.45, 7) is 5.74. The fraction of sp³-hybridized carbons (Fsp3) is 0.278. The Morgan fingerprint density at radius 2 is 2.16 bits per heavy atom. The number of nitrogens with zero attached hydrogens (tertiary/aromatic N) is 1. The van der Waals surface area contributed by atoms with E-state index < -0.39 is 11.7 Å². The maximum atomic E-state index is 11.9. The van der Waals surface area contributed by atoms with E-state index >= 15 is 0 Å². The number of phenols is 1. The van der Waals surface area contributed by atoms with E-state index in [2.05, 4.69) is 6.58 Å². The fourth-order valence-corrected chi connectivity index (χ4v) is 2.81. The molecule has 1 amide bonds. The molecule has 0 spiro atoms. The van der Waals surface area contributed by atoms with Gasteiger partial charge in [0.1, 0.15) is 5.75 Å². The van der Waals surface area contributed by atoms with Crippen LogP contribution in [0.5, 0.6) is 5.75 Å². The number of carboxylic acid groups (broad SMARTS) is 1. The molecule has 25 heavy (non-hydrogen) atoms. The van der Waals surface area contributed by atoms with Gasteiger partial charge in [-0.1, -0.05) is 13.0 Å². The molecule has 0 saturated carbocycles. The molecule has 0 aliphatic heterocycles. The standard InChI is InChI=1S/C18H19NO6/c1-3-7-19(18(23)24)9-11(4-2)13-8-16(22)25-17-12(13)5-6-15(21)14(17)10-20/h3,5-6,8,10-11,21H,1,4,7,9H2,2H3,(H,23,24). The lowest BCUT2D eigenvalue weighted by atomic mass is 9.92. The number of aldehydes is 1. The maximum absolute atomic E-state index is 11.9. The summed E-state index contributed by atoms with van der Waals surface area (Å²) in [5, 5.41) is 19.6. The van der Waals surface area contributed by atoms with Crippen molar-refractivity contribution in [1.82, 2.24) is 4.90 Å². The lowest BCUT2D eigenvalue weighted by molar-refractivity contribution is 0.112. The molecule has 2 rings (SSSR count). The van der Waals surface area contributed by atoms with Gasteiger partial charge in [-0.15, -0.1) is 6.58 Å². The molecule has 0 saturated heterocycles. The second-order valence-corrected chi connectivity index (χ2v) is 5.60. The first-order valence-electron chi connectivity index (χ1n) is 7.76. The Morgan fingerprint density at radius 3 is 2.72 bits per heavy atom. The average molecular weight is 345 g/mol. The number of carbonyl (C=O) groups is 2. The van der Waals surface area contributed by atoms with Gasteiger partial charge in [0, 0.05) is 30.5 Å². The van der Waals surface area contributed by atoms with Crippen LogP contribution in [-0.4, -0.2) is 40.6 Å². The molecule has 1 heterocycles. The summed E-state index contributed by atoms with van der Waals surface area (Å²) in [6.07, 6.45) is 1.39. The predicted octanol–water partition coefficient (Wildman–Crippen LogP) is 2.97. The fourth-order valence-electron chi connectivity index (χ4n) is 2.81. The summed E-state index contributed by atoms with van der Waals surface area (Å²) >= 11 is 0. The molecule has 0 fully saturated rings. The van der Waals surface area contributed by atoms with Crippen LogP contribution in [0.4, 0.5) is 4.79 Å². The topological polar surface area (TPSA) is 108 Å². The van der Waals surface area contributed by atoms with Gasteiger partial charge in [-0.2, -0.15) is 0 Å². The first kappa shape index (κ1) is 18.3. The summed E-state index contributed by atoms with van der Waals surface area (Å²) in [5.41, 5.74) is -0.193. The van der Waals surface area contributed by atoms with Crippen molar-refractivity contribution in [2.75, 3.05) is 13.1 Å². The number of rotatable bonds is 7. The molecule has 1 atom stereocenters. The monoisotopic (exact) mass is 345 g/mol. The Labute approximate surface area is 143 Å². The van der Waals surface area contributed by atoms with Crippen LogP contribution in [0.2, 0.25) is 0 Å². The molecule has 0 aliphatic rings. The van der Waals surface area contributed by atoms with Gasteiger partial charge in [-0.25, -0.2) is 9.59 Å². The van der Waals surface area contributed by atoms with Crippen molar-refractivity contribution in [2.45, 2.75) is 19.3 Å². The highest BCUT2D eigenvalue weighted by Crippen LogP contribution is 2.32. The lowest BCUT2D eigenvalue weighted by Gasteiger charge is -2.24. The number of hydrogen-bond acceptors (Lipinski definition) is 5. The van der Waals surface area contributed by atoms with Gasteiger partial charge in [-0.05, 0) is 24.1 Å². The third-order valence-corrected chi connectivity index (χ3v) is 4.07. The van der Waals surface area contributed by atoms with Crippen LogP contribution in [0.25, 0.3) is 11.0 Å². The minimum absolute atomic E-state index is 0.00143. The first-order chi connectivity index (χ1) is 11.9. The van der Waals surface area contributed by atoms with E-state index in [1.165, 1.54) is 23.1 Å². The highest BCUT2D eigenvalue weighted by Gasteiger charge is 2.22. The second kappa shape index (κ2) is 7.65. The van der Waals surface area contributed by atoms with E-state index in [9.17, 15) is 24.6 Å². The highest BCUT2D eigenvalue weighted by molar-refractivity contribution is 5.98. The summed E-state index contributed by atoms with van der Waals surface area (Å²) in [6, 6.07) is 4.20. The van der Waals surface area contributed by atoms with E-state index in [1.807, 2.05) is 6.92 Å². The van der Waals surface area contributed by atoms with Gasteiger partial charge >= 0.3 is 11.7 Å². The SMILES string of the molecule is C=CCN(CC(CC)c1cc(=O)oc2c(C=O)c(O)ccc12)C(=O)O. The van der Waals surface area contributed by atoms with Crippen LogP contribution in [0.1, 0.15) is 35.2 Å².